The van der Waals surface area contributed by atoms with Crippen LogP contribution in [0.2, 0.25) is 0 Å². The molecule has 0 fully saturated rings. The third-order valence-electron chi connectivity index (χ3n) is 4.25. The molecule has 2 heterocycles. The molecule has 0 aliphatic carbocycles. The third kappa shape index (κ3) is 3.57. The van der Waals surface area contributed by atoms with Crippen molar-refractivity contribution in [3.8, 4) is 17.2 Å². The second kappa shape index (κ2) is 7.48. The average Bonchev–Trinajstić information content (AvgIpc) is 3.06. The molecule has 0 saturated carbocycles. The molecule has 1 aromatic heterocycles. The van der Waals surface area contributed by atoms with Crippen LogP contribution in [0.4, 0.5) is 4.39 Å². The quantitative estimate of drug-likeness (QED) is 0.621. The Morgan fingerprint density at radius 3 is 2.81 bits per heavy atom. The van der Waals surface area contributed by atoms with Crippen LogP contribution in [0.1, 0.15) is 17.5 Å². The van der Waals surface area contributed by atoms with Crippen LogP contribution in [0.5, 0.6) is 17.2 Å². The topological polar surface area (TPSA) is 58.4 Å². The molecule has 1 unspecified atom stereocenters. The smallest absolute Gasteiger partial charge is 0.192 e. The van der Waals surface area contributed by atoms with Crippen LogP contribution in [-0.4, -0.2) is 28.5 Å². The fourth-order valence-electron chi connectivity index (χ4n) is 2.83. The second-order valence-corrected chi connectivity index (χ2v) is 6.96. The van der Waals surface area contributed by atoms with E-state index in [1.807, 2.05) is 41.9 Å². The molecule has 2 aromatic carbocycles. The van der Waals surface area contributed by atoms with Crippen LogP contribution < -0.4 is 14.2 Å². The van der Waals surface area contributed by atoms with Crippen molar-refractivity contribution in [3.63, 3.8) is 0 Å². The molecule has 0 amide bonds. The minimum atomic E-state index is -0.374. The van der Waals surface area contributed by atoms with Gasteiger partial charge in [-0.3, -0.25) is 0 Å². The molecule has 6 nitrogen and oxygen atoms in total. The Hall–Kier alpha value is -2.74. The van der Waals surface area contributed by atoms with E-state index in [9.17, 15) is 4.39 Å². The summed E-state index contributed by atoms with van der Waals surface area (Å²) in [5.41, 5.74) is 0.842. The molecule has 0 bridgehead atoms. The number of ether oxygens (including phenoxy) is 3. The number of methoxy groups -OCH3 is 1. The molecule has 0 saturated heterocycles. The first-order valence-electron chi connectivity index (χ1n) is 8.38. The van der Waals surface area contributed by atoms with E-state index in [1.165, 1.54) is 24.9 Å². The van der Waals surface area contributed by atoms with E-state index >= 15 is 0 Å². The summed E-state index contributed by atoms with van der Waals surface area (Å²) in [5.74, 6) is 2.54. The predicted octanol–water partition coefficient (Wildman–Crippen LogP) is 3.77. The molecule has 27 heavy (non-hydrogen) atoms. The zero-order valence-corrected chi connectivity index (χ0v) is 15.7. The van der Waals surface area contributed by atoms with Gasteiger partial charge >= 0.3 is 0 Å². The van der Waals surface area contributed by atoms with Crippen molar-refractivity contribution in [2.24, 2.45) is 7.05 Å². The highest BCUT2D eigenvalue weighted by atomic mass is 32.2. The van der Waals surface area contributed by atoms with Crippen LogP contribution in [0.15, 0.2) is 47.6 Å². The number of thioether (sulfide) groups is 1. The fraction of sp³-hybridized carbons (Fsp3) is 0.263. The lowest BCUT2D eigenvalue weighted by Gasteiger charge is -2.25. The summed E-state index contributed by atoms with van der Waals surface area (Å²) < 4.78 is 32.4. The van der Waals surface area contributed by atoms with Gasteiger partial charge in [0.05, 0.1) is 7.11 Å². The zero-order chi connectivity index (χ0) is 18.8. The van der Waals surface area contributed by atoms with E-state index in [4.69, 9.17) is 14.2 Å². The number of nitrogens with zero attached hydrogens (tertiary/aromatic N) is 3. The predicted molar refractivity (Wildman–Crippen MR) is 98.8 cm³/mol. The zero-order valence-electron chi connectivity index (χ0n) is 14.9. The van der Waals surface area contributed by atoms with Crippen molar-refractivity contribution in [2.45, 2.75) is 17.0 Å². The van der Waals surface area contributed by atoms with Crippen molar-refractivity contribution in [1.29, 1.82) is 0 Å². The summed E-state index contributed by atoms with van der Waals surface area (Å²) in [7, 11) is 3.33. The van der Waals surface area contributed by atoms with Gasteiger partial charge in [0, 0.05) is 12.8 Å². The average molecular weight is 387 g/mol. The summed E-state index contributed by atoms with van der Waals surface area (Å²) in [6.07, 6.45) is -0.329. The van der Waals surface area contributed by atoms with Gasteiger partial charge in [0.15, 0.2) is 40.2 Å². The lowest BCUT2D eigenvalue weighted by Crippen LogP contribution is -2.24. The second-order valence-electron chi connectivity index (χ2n) is 6.02. The Morgan fingerprint density at radius 1 is 1.22 bits per heavy atom. The summed E-state index contributed by atoms with van der Waals surface area (Å²) in [6.45, 7) is 0.372. The molecular formula is C19H18FN3O3S. The maximum Gasteiger partial charge on any atom is 0.192 e. The van der Waals surface area contributed by atoms with Gasteiger partial charge in [-0.2, -0.15) is 0 Å². The summed E-state index contributed by atoms with van der Waals surface area (Å²) in [4.78, 5) is 0. The van der Waals surface area contributed by atoms with Crippen LogP contribution >= 0.6 is 11.8 Å². The highest BCUT2D eigenvalue weighted by Gasteiger charge is 2.27. The van der Waals surface area contributed by atoms with Gasteiger partial charge in [0.25, 0.3) is 0 Å². The molecule has 1 aliphatic heterocycles. The molecule has 0 N–H and O–H groups in total. The molecule has 140 valence electrons. The standard InChI is InChI=1S/C19H18FN3O3S/c1-23-18(17-10-25-15-5-3-4-6-16(15)26-17)21-22-19(23)27-11-12-7-8-14(24-2)13(20)9-12/h3-9,17H,10-11H2,1-2H3. The maximum atomic E-state index is 13.8. The van der Waals surface area contributed by atoms with E-state index in [2.05, 4.69) is 10.2 Å². The number of hydrogen-bond acceptors (Lipinski definition) is 6. The summed E-state index contributed by atoms with van der Waals surface area (Å²) in [5, 5.41) is 9.23. The SMILES string of the molecule is COc1ccc(CSc2nnc(C3COc4ccccc4O3)n2C)cc1F. The van der Waals surface area contributed by atoms with E-state index < -0.39 is 0 Å². The van der Waals surface area contributed by atoms with E-state index in [-0.39, 0.29) is 17.7 Å². The molecule has 1 aliphatic rings. The van der Waals surface area contributed by atoms with Gasteiger partial charge in [-0.05, 0) is 29.8 Å². The van der Waals surface area contributed by atoms with Gasteiger partial charge < -0.3 is 18.8 Å². The maximum absolute atomic E-state index is 13.8. The first-order valence-corrected chi connectivity index (χ1v) is 9.37. The lowest BCUT2D eigenvalue weighted by molar-refractivity contribution is 0.0825. The fourth-order valence-corrected chi connectivity index (χ4v) is 3.69. The molecule has 8 heteroatoms. The van der Waals surface area contributed by atoms with Crippen molar-refractivity contribution >= 4 is 11.8 Å². The van der Waals surface area contributed by atoms with Gasteiger partial charge in [-0.1, -0.05) is 30.0 Å². The van der Waals surface area contributed by atoms with Crippen LogP contribution in [0, 0.1) is 5.82 Å². The number of hydrogen-bond donors (Lipinski definition) is 0. The largest absolute Gasteiger partial charge is 0.494 e. The first-order chi connectivity index (χ1) is 13.2. The van der Waals surface area contributed by atoms with E-state index in [1.54, 1.807) is 6.07 Å². The van der Waals surface area contributed by atoms with Gasteiger partial charge in [0.1, 0.15) is 6.61 Å². The Morgan fingerprint density at radius 2 is 2.04 bits per heavy atom. The number of rotatable bonds is 5. The molecule has 0 spiro atoms. The number of aromatic nitrogens is 3. The van der Waals surface area contributed by atoms with Gasteiger partial charge in [-0.15, -0.1) is 10.2 Å². The number of fused-ring (bicyclic) bond motifs is 1. The minimum absolute atomic E-state index is 0.236. The van der Waals surface area contributed by atoms with Crippen molar-refractivity contribution in [2.75, 3.05) is 13.7 Å². The first kappa shape index (κ1) is 17.7. The van der Waals surface area contributed by atoms with Crippen LogP contribution in [-0.2, 0) is 12.8 Å². The highest BCUT2D eigenvalue weighted by molar-refractivity contribution is 7.98. The summed E-state index contributed by atoms with van der Waals surface area (Å²) in [6, 6.07) is 12.5. The monoisotopic (exact) mass is 387 g/mol. The molecular weight excluding hydrogens is 369 g/mol. The van der Waals surface area contributed by atoms with Crippen molar-refractivity contribution < 1.29 is 18.6 Å². The van der Waals surface area contributed by atoms with Crippen molar-refractivity contribution in [3.05, 3.63) is 59.7 Å². The molecule has 4 rings (SSSR count). The van der Waals surface area contributed by atoms with Gasteiger partial charge in [0.2, 0.25) is 0 Å². The van der Waals surface area contributed by atoms with E-state index in [0.29, 0.717) is 23.9 Å². The Kier molecular flexibility index (Phi) is 4.89. The van der Waals surface area contributed by atoms with Gasteiger partial charge in [-0.25, -0.2) is 4.39 Å². The number of benzene rings is 2. The number of para-hydroxylation sites is 2. The third-order valence-corrected chi connectivity index (χ3v) is 5.34. The van der Waals surface area contributed by atoms with E-state index in [0.717, 1.165) is 16.5 Å². The molecule has 0 radical (unpaired) electrons. The van der Waals surface area contributed by atoms with Crippen LogP contribution in [0.3, 0.4) is 0 Å². The Bertz CT molecular complexity index is 963. The van der Waals surface area contributed by atoms with Crippen LogP contribution in [0.25, 0.3) is 0 Å². The normalized spacial score (nSPS) is 15.6. The Balaban J connectivity index is 1.46. The summed E-state index contributed by atoms with van der Waals surface area (Å²) >= 11 is 1.48. The minimum Gasteiger partial charge on any atom is -0.494 e. The lowest BCUT2D eigenvalue weighted by atomic mass is 10.2. The molecule has 1 atom stereocenters. The molecule has 3 aromatic rings. The van der Waals surface area contributed by atoms with Crippen molar-refractivity contribution in [1.82, 2.24) is 14.8 Å². The highest BCUT2D eigenvalue weighted by Crippen LogP contribution is 2.36. The Labute approximate surface area is 160 Å². The number of halogens is 1.